The van der Waals surface area contributed by atoms with E-state index in [1.54, 1.807) is 12.1 Å². The van der Waals surface area contributed by atoms with Gasteiger partial charge in [-0.3, -0.25) is 4.79 Å². The van der Waals surface area contributed by atoms with Gasteiger partial charge in [0.15, 0.2) is 0 Å². The number of ether oxygens (including phenoxy) is 1. The molecule has 1 aliphatic carbocycles. The lowest BCUT2D eigenvalue weighted by Gasteiger charge is -2.25. The SMILES string of the molecule is CCCCCCCOc1ccc(C=O)cc1.CNC1CCC(N)CC1. The lowest BCUT2D eigenvalue weighted by Crippen LogP contribution is -2.35. The van der Waals surface area contributed by atoms with Crippen molar-refractivity contribution in [3.05, 3.63) is 29.8 Å². The molecule has 0 aromatic heterocycles. The van der Waals surface area contributed by atoms with E-state index in [2.05, 4.69) is 12.2 Å². The average molecular weight is 349 g/mol. The van der Waals surface area contributed by atoms with Gasteiger partial charge in [-0.25, -0.2) is 0 Å². The summed E-state index contributed by atoms with van der Waals surface area (Å²) >= 11 is 0. The van der Waals surface area contributed by atoms with Gasteiger partial charge in [0.1, 0.15) is 12.0 Å². The molecule has 142 valence electrons. The van der Waals surface area contributed by atoms with Crippen LogP contribution < -0.4 is 15.8 Å². The molecule has 4 nitrogen and oxygen atoms in total. The molecular formula is C21H36N2O2. The summed E-state index contributed by atoms with van der Waals surface area (Å²) in [6.07, 6.45) is 12.0. The van der Waals surface area contributed by atoms with E-state index in [-0.39, 0.29) is 0 Å². The van der Waals surface area contributed by atoms with Crippen molar-refractivity contribution in [2.24, 2.45) is 5.73 Å². The maximum absolute atomic E-state index is 10.4. The molecule has 1 aliphatic rings. The topological polar surface area (TPSA) is 64.3 Å². The second-order valence-corrected chi connectivity index (χ2v) is 6.85. The molecule has 4 heteroatoms. The summed E-state index contributed by atoms with van der Waals surface area (Å²) < 4.78 is 5.57. The number of rotatable bonds is 9. The molecule has 1 saturated carbocycles. The summed E-state index contributed by atoms with van der Waals surface area (Å²) in [7, 11) is 2.03. The summed E-state index contributed by atoms with van der Waals surface area (Å²) in [5, 5.41) is 3.27. The monoisotopic (exact) mass is 348 g/mol. The van der Waals surface area contributed by atoms with Gasteiger partial charge in [0, 0.05) is 17.6 Å². The Morgan fingerprint density at radius 3 is 2.28 bits per heavy atom. The molecule has 0 bridgehead atoms. The zero-order valence-corrected chi connectivity index (χ0v) is 16.0. The van der Waals surface area contributed by atoms with Gasteiger partial charge in [0.2, 0.25) is 0 Å². The van der Waals surface area contributed by atoms with Crippen molar-refractivity contribution in [1.82, 2.24) is 5.32 Å². The van der Waals surface area contributed by atoms with E-state index >= 15 is 0 Å². The number of carbonyl (C=O) groups excluding carboxylic acids is 1. The minimum Gasteiger partial charge on any atom is -0.494 e. The summed E-state index contributed by atoms with van der Waals surface area (Å²) in [5.74, 6) is 0.848. The first-order valence-corrected chi connectivity index (χ1v) is 9.80. The average Bonchev–Trinajstić information content (AvgIpc) is 2.66. The second kappa shape index (κ2) is 13.9. The summed E-state index contributed by atoms with van der Waals surface area (Å²) in [6, 6.07) is 8.46. The molecule has 25 heavy (non-hydrogen) atoms. The molecule has 3 N–H and O–H groups in total. The smallest absolute Gasteiger partial charge is 0.150 e. The molecular weight excluding hydrogens is 312 g/mol. The van der Waals surface area contributed by atoms with Crippen molar-refractivity contribution in [3.63, 3.8) is 0 Å². The van der Waals surface area contributed by atoms with Crippen molar-refractivity contribution in [2.45, 2.75) is 76.8 Å². The number of hydrogen-bond donors (Lipinski definition) is 2. The third-order valence-corrected chi connectivity index (χ3v) is 4.71. The van der Waals surface area contributed by atoms with Gasteiger partial charge in [-0.2, -0.15) is 0 Å². The fourth-order valence-corrected chi connectivity index (χ4v) is 2.95. The number of carbonyl (C=O) groups is 1. The highest BCUT2D eigenvalue weighted by Gasteiger charge is 2.15. The van der Waals surface area contributed by atoms with Crippen molar-refractivity contribution >= 4 is 6.29 Å². The predicted octanol–water partition coefficient (Wildman–Crippen LogP) is 4.32. The first-order valence-electron chi connectivity index (χ1n) is 9.80. The summed E-state index contributed by atoms with van der Waals surface area (Å²) in [6.45, 7) is 2.98. The lowest BCUT2D eigenvalue weighted by molar-refractivity contribution is 0.112. The van der Waals surface area contributed by atoms with E-state index in [0.717, 1.165) is 31.1 Å². The molecule has 0 saturated heterocycles. The van der Waals surface area contributed by atoms with Crippen molar-refractivity contribution in [3.8, 4) is 5.75 Å². The first kappa shape index (κ1) is 21.7. The molecule has 0 atom stereocenters. The molecule has 0 unspecified atom stereocenters. The van der Waals surface area contributed by atoms with Gasteiger partial charge in [0.25, 0.3) is 0 Å². The van der Waals surface area contributed by atoms with Crippen LogP contribution >= 0.6 is 0 Å². The second-order valence-electron chi connectivity index (χ2n) is 6.85. The maximum atomic E-state index is 10.4. The van der Waals surface area contributed by atoms with Crippen LogP contribution in [0.5, 0.6) is 5.75 Å². The number of nitrogens with two attached hydrogens (primary N) is 1. The molecule has 0 aliphatic heterocycles. The van der Waals surface area contributed by atoms with E-state index < -0.39 is 0 Å². The summed E-state index contributed by atoms with van der Waals surface area (Å²) in [5.41, 5.74) is 6.41. The third-order valence-electron chi connectivity index (χ3n) is 4.71. The Hall–Kier alpha value is -1.39. The molecule has 2 rings (SSSR count). The molecule has 0 radical (unpaired) electrons. The highest BCUT2D eigenvalue weighted by atomic mass is 16.5. The van der Waals surface area contributed by atoms with E-state index in [1.807, 2.05) is 19.2 Å². The van der Waals surface area contributed by atoms with Crippen LogP contribution in [0.2, 0.25) is 0 Å². The molecule has 0 spiro atoms. The minimum atomic E-state index is 0.481. The maximum Gasteiger partial charge on any atom is 0.150 e. The number of unbranched alkanes of at least 4 members (excludes halogenated alkanes) is 4. The molecule has 1 aromatic rings. The van der Waals surface area contributed by atoms with Crippen LogP contribution in [0.3, 0.4) is 0 Å². The number of nitrogens with one attached hydrogen (secondary N) is 1. The fraction of sp³-hybridized carbons (Fsp3) is 0.667. The Kier molecular flexibility index (Phi) is 12.0. The summed E-state index contributed by atoms with van der Waals surface area (Å²) in [4.78, 5) is 10.4. The Bertz CT molecular complexity index is 440. The normalized spacial score (nSPS) is 19.6. The fourth-order valence-electron chi connectivity index (χ4n) is 2.95. The quantitative estimate of drug-likeness (QED) is 0.515. The van der Waals surface area contributed by atoms with Crippen LogP contribution in [-0.4, -0.2) is 32.0 Å². The number of aldehydes is 1. The number of benzene rings is 1. The van der Waals surface area contributed by atoms with E-state index in [9.17, 15) is 4.79 Å². The van der Waals surface area contributed by atoms with Crippen LogP contribution in [0.1, 0.15) is 75.1 Å². The number of hydrogen-bond acceptors (Lipinski definition) is 4. The Labute approximate surface area is 153 Å². The predicted molar refractivity (Wildman–Crippen MR) is 105 cm³/mol. The Morgan fingerprint density at radius 1 is 1.08 bits per heavy atom. The molecule has 1 aromatic carbocycles. The van der Waals surface area contributed by atoms with Gasteiger partial charge in [-0.1, -0.05) is 32.6 Å². The van der Waals surface area contributed by atoms with Gasteiger partial charge in [-0.05, 0) is 63.4 Å². The van der Waals surface area contributed by atoms with Crippen molar-refractivity contribution < 1.29 is 9.53 Å². The van der Waals surface area contributed by atoms with Crippen molar-refractivity contribution in [2.75, 3.05) is 13.7 Å². The van der Waals surface area contributed by atoms with E-state index in [4.69, 9.17) is 10.5 Å². The Morgan fingerprint density at radius 2 is 1.72 bits per heavy atom. The van der Waals surface area contributed by atoms with Crippen LogP contribution in [0.4, 0.5) is 0 Å². The van der Waals surface area contributed by atoms with E-state index in [1.165, 1.54) is 51.4 Å². The van der Waals surface area contributed by atoms with Crippen LogP contribution in [0.15, 0.2) is 24.3 Å². The van der Waals surface area contributed by atoms with Gasteiger partial charge in [0.05, 0.1) is 6.61 Å². The van der Waals surface area contributed by atoms with Gasteiger partial charge in [-0.15, -0.1) is 0 Å². The standard InChI is InChI=1S/C14H20O2.C7H16N2/c1-2-3-4-5-6-11-16-14-9-7-13(12-15)8-10-14;1-9-7-4-2-6(8)3-5-7/h7-10,12H,2-6,11H2,1H3;6-7,9H,2-5,8H2,1H3. The van der Waals surface area contributed by atoms with Crippen molar-refractivity contribution in [1.29, 1.82) is 0 Å². The molecule has 1 fully saturated rings. The van der Waals surface area contributed by atoms with Crippen LogP contribution in [-0.2, 0) is 0 Å². The minimum absolute atomic E-state index is 0.481. The Balaban J connectivity index is 0.000000293. The third kappa shape index (κ3) is 10.3. The van der Waals surface area contributed by atoms with Crippen LogP contribution in [0, 0.1) is 0 Å². The van der Waals surface area contributed by atoms with Crippen LogP contribution in [0.25, 0.3) is 0 Å². The zero-order valence-electron chi connectivity index (χ0n) is 16.0. The van der Waals surface area contributed by atoms with E-state index in [0.29, 0.717) is 11.6 Å². The van der Waals surface area contributed by atoms with Gasteiger partial charge >= 0.3 is 0 Å². The first-order chi connectivity index (χ1) is 12.2. The molecule has 0 amide bonds. The molecule has 0 heterocycles. The highest BCUT2D eigenvalue weighted by molar-refractivity contribution is 5.74. The largest absolute Gasteiger partial charge is 0.494 e. The zero-order chi connectivity index (χ0) is 18.3. The highest BCUT2D eigenvalue weighted by Crippen LogP contribution is 2.16. The lowest BCUT2D eigenvalue weighted by atomic mass is 9.92. The van der Waals surface area contributed by atoms with Gasteiger partial charge < -0.3 is 15.8 Å².